The quantitative estimate of drug-likeness (QED) is 0.330. The molecule has 2 heteroatoms. The third-order valence-electron chi connectivity index (χ3n) is 2.25. The van der Waals surface area contributed by atoms with E-state index in [1.807, 2.05) is 18.2 Å². The van der Waals surface area contributed by atoms with Crippen molar-refractivity contribution in [2.75, 3.05) is 26.2 Å². The molecule has 0 rings (SSSR count). The van der Waals surface area contributed by atoms with Crippen molar-refractivity contribution in [3.63, 3.8) is 0 Å². The highest BCUT2D eigenvalue weighted by atomic mass is 127. The van der Waals surface area contributed by atoms with Gasteiger partial charge in [0.15, 0.2) is 0 Å². The van der Waals surface area contributed by atoms with Gasteiger partial charge in [0.1, 0.15) is 0 Å². The molecule has 0 spiro atoms. The van der Waals surface area contributed by atoms with E-state index in [1.54, 1.807) is 0 Å². The molecule has 0 bridgehead atoms. The number of hydrogen-bond donors (Lipinski definition) is 0. The average Bonchev–Trinajstić information content (AvgIpc) is 2.06. The molecule has 0 aliphatic rings. The Hall–Kier alpha value is -0.0900. The third-order valence-corrected chi connectivity index (χ3v) is 2.25. The van der Waals surface area contributed by atoms with Crippen molar-refractivity contribution in [3.05, 3.63) is 38.0 Å². The Morgan fingerprint density at radius 1 is 0.929 bits per heavy atom. The van der Waals surface area contributed by atoms with Crippen molar-refractivity contribution in [1.82, 2.24) is 0 Å². The van der Waals surface area contributed by atoms with Crippen molar-refractivity contribution in [3.8, 4) is 0 Å². The van der Waals surface area contributed by atoms with E-state index in [0.717, 1.165) is 24.1 Å². The van der Waals surface area contributed by atoms with E-state index in [9.17, 15) is 0 Å². The first-order valence-corrected chi connectivity index (χ1v) is 4.92. The first kappa shape index (κ1) is 16.3. The molecule has 82 valence electrons. The summed E-state index contributed by atoms with van der Waals surface area (Å²) in [6.07, 6.45) is 7.16. The smallest absolute Gasteiger partial charge is 0.0975 e. The van der Waals surface area contributed by atoms with Crippen LogP contribution in [-0.2, 0) is 0 Å². The van der Waals surface area contributed by atoms with E-state index in [2.05, 4.69) is 26.7 Å². The third kappa shape index (κ3) is 5.60. The first-order valence-electron chi connectivity index (χ1n) is 4.92. The molecular formula is C12H22IN. The molecule has 1 nitrogen and oxygen atoms in total. The molecule has 0 aromatic rings. The fourth-order valence-corrected chi connectivity index (χ4v) is 1.79. The molecule has 0 saturated carbocycles. The number of rotatable bonds is 8. The lowest BCUT2D eigenvalue weighted by Gasteiger charge is -2.35. The Morgan fingerprint density at radius 3 is 1.50 bits per heavy atom. The summed E-state index contributed by atoms with van der Waals surface area (Å²) in [5, 5.41) is 0. The number of nitrogens with zero attached hydrogens (tertiary/aromatic N) is 1. The van der Waals surface area contributed by atoms with E-state index in [4.69, 9.17) is 0 Å². The van der Waals surface area contributed by atoms with Crippen LogP contribution in [0.3, 0.4) is 0 Å². The van der Waals surface area contributed by atoms with Crippen molar-refractivity contribution in [2.24, 2.45) is 0 Å². The summed E-state index contributed by atoms with van der Waals surface area (Å²) in [6.45, 7) is 17.8. The molecule has 0 radical (unpaired) electrons. The summed E-state index contributed by atoms with van der Waals surface area (Å²) in [4.78, 5) is 0. The van der Waals surface area contributed by atoms with E-state index >= 15 is 0 Å². The van der Waals surface area contributed by atoms with E-state index in [-0.39, 0.29) is 24.0 Å². The summed E-state index contributed by atoms with van der Waals surface area (Å²) < 4.78 is 1.02. The molecule has 0 fully saturated rings. The van der Waals surface area contributed by atoms with Crippen LogP contribution in [-0.4, -0.2) is 30.7 Å². The van der Waals surface area contributed by atoms with Crippen LogP contribution in [0.1, 0.15) is 13.3 Å². The predicted octanol–water partition coefficient (Wildman–Crippen LogP) is -0.225. The van der Waals surface area contributed by atoms with Crippen LogP contribution in [0, 0.1) is 0 Å². The van der Waals surface area contributed by atoms with Crippen LogP contribution >= 0.6 is 0 Å². The Morgan fingerprint density at radius 2 is 1.29 bits per heavy atom. The van der Waals surface area contributed by atoms with Gasteiger partial charge in [-0.05, 0) is 24.6 Å². The van der Waals surface area contributed by atoms with Crippen LogP contribution in [0.15, 0.2) is 38.0 Å². The predicted molar refractivity (Wildman–Crippen MR) is 60.6 cm³/mol. The van der Waals surface area contributed by atoms with Gasteiger partial charge in [0, 0.05) is 0 Å². The molecule has 0 unspecified atom stereocenters. The van der Waals surface area contributed by atoms with E-state index < -0.39 is 0 Å². The fourth-order valence-electron chi connectivity index (χ4n) is 1.79. The van der Waals surface area contributed by atoms with Crippen LogP contribution in [0.25, 0.3) is 0 Å². The maximum atomic E-state index is 3.81. The lowest BCUT2D eigenvalue weighted by atomic mass is 10.2. The van der Waals surface area contributed by atoms with Crippen LogP contribution in [0.5, 0.6) is 0 Å². The zero-order valence-electron chi connectivity index (χ0n) is 9.21. The minimum atomic E-state index is 0. The Kier molecular flexibility index (Phi) is 11.0. The zero-order valence-corrected chi connectivity index (χ0v) is 11.4. The van der Waals surface area contributed by atoms with Crippen LogP contribution in [0.2, 0.25) is 0 Å². The summed E-state index contributed by atoms with van der Waals surface area (Å²) in [6, 6.07) is 0. The molecule has 0 amide bonds. The van der Waals surface area contributed by atoms with Gasteiger partial charge >= 0.3 is 0 Å². The molecule has 0 aliphatic carbocycles. The highest BCUT2D eigenvalue weighted by Crippen LogP contribution is 2.09. The maximum Gasteiger partial charge on any atom is 0.0975 e. The van der Waals surface area contributed by atoms with Crippen molar-refractivity contribution in [2.45, 2.75) is 13.3 Å². The lowest BCUT2D eigenvalue weighted by molar-refractivity contribution is -0.911. The number of quaternary nitrogens is 1. The standard InChI is InChI=1S/C12H22N.HI/c1-5-9-13(10-6-2,11-7-3)12-8-4;/h5-7H,1-3,8-12H2,4H3;1H/q+1;/p-1. The summed E-state index contributed by atoms with van der Waals surface area (Å²) >= 11 is 0. The molecule has 0 N–H and O–H groups in total. The molecule has 0 atom stereocenters. The van der Waals surface area contributed by atoms with Crippen LogP contribution < -0.4 is 24.0 Å². The second kappa shape index (κ2) is 9.46. The molecule has 0 aromatic heterocycles. The van der Waals surface area contributed by atoms with Gasteiger partial charge in [0.25, 0.3) is 0 Å². The van der Waals surface area contributed by atoms with Crippen molar-refractivity contribution in [1.29, 1.82) is 0 Å². The monoisotopic (exact) mass is 307 g/mol. The minimum Gasteiger partial charge on any atom is -1.00 e. The fraction of sp³-hybridized carbons (Fsp3) is 0.500. The highest BCUT2D eigenvalue weighted by molar-refractivity contribution is 4.76. The topological polar surface area (TPSA) is 0 Å². The molecule has 0 aromatic carbocycles. The Bertz CT molecular complexity index is 149. The SMILES string of the molecule is C=CC[N+](CC=C)(CC=C)CCC.[I-]. The van der Waals surface area contributed by atoms with Gasteiger partial charge in [0.2, 0.25) is 0 Å². The van der Waals surface area contributed by atoms with Gasteiger partial charge in [-0.2, -0.15) is 0 Å². The summed E-state index contributed by atoms with van der Waals surface area (Å²) in [5.74, 6) is 0. The normalized spacial score (nSPS) is 10.1. The molecule has 0 saturated heterocycles. The second-order valence-electron chi connectivity index (χ2n) is 3.48. The van der Waals surface area contributed by atoms with Gasteiger partial charge in [0.05, 0.1) is 26.2 Å². The summed E-state index contributed by atoms with van der Waals surface area (Å²) in [7, 11) is 0. The maximum absolute atomic E-state index is 3.81. The Labute approximate surface area is 106 Å². The number of hydrogen-bond acceptors (Lipinski definition) is 0. The largest absolute Gasteiger partial charge is 1.00 e. The van der Waals surface area contributed by atoms with Crippen molar-refractivity contribution >= 4 is 0 Å². The first-order chi connectivity index (χ1) is 6.24. The molecular weight excluding hydrogens is 285 g/mol. The molecule has 14 heavy (non-hydrogen) atoms. The van der Waals surface area contributed by atoms with Gasteiger partial charge in [-0.1, -0.05) is 26.7 Å². The van der Waals surface area contributed by atoms with E-state index in [0.29, 0.717) is 0 Å². The number of halogens is 1. The Balaban J connectivity index is 0. The molecule has 0 aliphatic heterocycles. The lowest BCUT2D eigenvalue weighted by Crippen LogP contribution is -3.00. The highest BCUT2D eigenvalue weighted by Gasteiger charge is 2.20. The summed E-state index contributed by atoms with van der Waals surface area (Å²) in [5.41, 5.74) is 0. The van der Waals surface area contributed by atoms with Gasteiger partial charge < -0.3 is 28.5 Å². The minimum absolute atomic E-state index is 0. The van der Waals surface area contributed by atoms with E-state index in [1.165, 1.54) is 13.0 Å². The molecule has 0 heterocycles. The van der Waals surface area contributed by atoms with Gasteiger partial charge in [-0.25, -0.2) is 0 Å². The van der Waals surface area contributed by atoms with Crippen molar-refractivity contribution < 1.29 is 28.5 Å². The van der Waals surface area contributed by atoms with Crippen LogP contribution in [0.4, 0.5) is 0 Å². The second-order valence-corrected chi connectivity index (χ2v) is 3.48. The average molecular weight is 307 g/mol. The zero-order chi connectivity index (χ0) is 10.2. The van der Waals surface area contributed by atoms with Gasteiger partial charge in [-0.15, -0.1) is 0 Å². The van der Waals surface area contributed by atoms with Gasteiger partial charge in [-0.3, -0.25) is 0 Å².